The average molecular weight is 1470 g/mol. The monoisotopic (exact) mass is 1470 g/mol. The van der Waals surface area contributed by atoms with E-state index in [1.807, 2.05) is 26.0 Å². The second-order valence-corrected chi connectivity index (χ2v) is 31.1. The van der Waals surface area contributed by atoms with Crippen molar-refractivity contribution >= 4 is 43.1 Å². The van der Waals surface area contributed by atoms with Crippen molar-refractivity contribution in [2.24, 2.45) is 17.8 Å². The van der Waals surface area contributed by atoms with Gasteiger partial charge in [-0.05, 0) is 127 Å². The van der Waals surface area contributed by atoms with E-state index in [9.17, 15) is 75.1 Å². The van der Waals surface area contributed by atoms with Gasteiger partial charge in [0.15, 0.2) is 17.2 Å². The van der Waals surface area contributed by atoms with Crippen LogP contribution in [0.5, 0.6) is 0 Å². The molecule has 6 fully saturated rings. The highest BCUT2D eigenvalue weighted by molar-refractivity contribution is 7.81. The first-order valence-corrected chi connectivity index (χ1v) is 38.1. The highest BCUT2D eigenvalue weighted by Crippen LogP contribution is 2.48. The molecule has 7 heterocycles. The minimum absolute atomic E-state index is 0.00671. The molecule has 0 radical (unpaired) electrons. The summed E-state index contributed by atoms with van der Waals surface area (Å²) in [6.45, 7) is 14.6. The summed E-state index contributed by atoms with van der Waals surface area (Å²) in [4.78, 5) is 25.7. The van der Waals surface area contributed by atoms with Crippen LogP contribution in [0.25, 0.3) is 0 Å². The molecule has 0 amide bonds. The summed E-state index contributed by atoms with van der Waals surface area (Å²) in [5.74, 6) is -4.37. The Hall–Kier alpha value is -3.57. The van der Waals surface area contributed by atoms with Crippen molar-refractivity contribution in [2.45, 2.75) is 284 Å². The van der Waals surface area contributed by atoms with Gasteiger partial charge in [0.05, 0.1) is 81.2 Å². The zero-order valence-electron chi connectivity index (χ0n) is 57.1. The second kappa shape index (κ2) is 35.9. The molecule has 0 saturated carbocycles. The summed E-state index contributed by atoms with van der Waals surface area (Å²) in [5.41, 5.74) is -0.0379. The maximum absolute atomic E-state index is 13.3. The number of esters is 2. The van der Waals surface area contributed by atoms with E-state index in [0.717, 1.165) is 37.7 Å². The third kappa shape index (κ3) is 25.1. The van der Waals surface area contributed by atoms with E-state index in [1.54, 1.807) is 31.2 Å². The fraction of sp³-hybridized carbons (Fsp3) is 0.788. The summed E-state index contributed by atoms with van der Waals surface area (Å²) >= 11 is 0. The molecule has 3 spiro atoms. The number of ether oxygens (including phenoxy) is 9. The van der Waals surface area contributed by atoms with Gasteiger partial charge >= 0.3 is 43.1 Å². The molecule has 33 heteroatoms. The third-order valence-electron chi connectivity index (χ3n) is 19.3. The average Bonchev–Trinajstić information content (AvgIpc) is 1.73. The van der Waals surface area contributed by atoms with Crippen LogP contribution in [0, 0.1) is 17.8 Å². The van der Waals surface area contributed by atoms with Gasteiger partial charge in [0, 0.05) is 50.9 Å². The van der Waals surface area contributed by atoms with Gasteiger partial charge in [-0.3, -0.25) is 18.5 Å². The first-order valence-electron chi connectivity index (χ1n) is 34.0. The number of rotatable bonds is 34. The number of hydrogen-bond acceptors (Lipinski definition) is 27. The first-order chi connectivity index (χ1) is 46.3. The van der Waals surface area contributed by atoms with Crippen LogP contribution in [-0.4, -0.2) is 228 Å². The van der Waals surface area contributed by atoms with E-state index in [4.69, 9.17) is 51.7 Å². The highest BCUT2D eigenvalue weighted by Gasteiger charge is 2.55. The van der Waals surface area contributed by atoms with E-state index in [1.165, 1.54) is 19.1 Å². The van der Waals surface area contributed by atoms with Gasteiger partial charge in [0.1, 0.15) is 43.2 Å². The summed E-state index contributed by atoms with van der Waals surface area (Å²) in [6, 6.07) is 0. The van der Waals surface area contributed by atoms with E-state index in [0.29, 0.717) is 75.0 Å². The van der Waals surface area contributed by atoms with Crippen LogP contribution in [0.4, 0.5) is 0 Å². The third-order valence-corrected chi connectivity index (χ3v) is 20.7. The zero-order chi connectivity index (χ0) is 72.9. The molecule has 566 valence electrons. The Balaban J connectivity index is 0.788. The van der Waals surface area contributed by atoms with Gasteiger partial charge in [0.25, 0.3) is 0 Å². The Kier molecular flexibility index (Phi) is 30.0. The molecular weight excluding hydrogens is 1370 g/mol. The van der Waals surface area contributed by atoms with Crippen LogP contribution in [0.3, 0.4) is 0 Å². The molecule has 99 heavy (non-hydrogen) atoms. The van der Waals surface area contributed by atoms with Crippen LogP contribution in [0.15, 0.2) is 71.9 Å². The number of hydrogen-bond donors (Lipinski definition) is 10. The predicted octanol–water partition coefficient (Wildman–Crippen LogP) is 4.89. The van der Waals surface area contributed by atoms with E-state index >= 15 is 0 Å². The number of aliphatic hydroxyl groups is 7. The van der Waals surface area contributed by atoms with Crippen molar-refractivity contribution in [1.82, 2.24) is 0 Å². The fourth-order valence-corrected chi connectivity index (χ4v) is 15.4. The molecule has 0 aliphatic carbocycles. The first kappa shape index (κ1) is 82.7. The molecule has 7 rings (SSSR count). The van der Waals surface area contributed by atoms with Gasteiger partial charge in [0.2, 0.25) is 5.79 Å². The smallest absolute Gasteiger partial charge is 0.397 e. The van der Waals surface area contributed by atoms with Gasteiger partial charge in [-0.15, -0.1) is 0 Å². The molecule has 6 saturated heterocycles. The Morgan fingerprint density at radius 1 is 0.808 bits per heavy atom. The minimum Gasteiger partial charge on any atom is -0.465 e. The molecule has 7 aliphatic rings. The number of fused-ring (bicyclic) bond motifs is 1. The van der Waals surface area contributed by atoms with Crippen molar-refractivity contribution in [3.63, 3.8) is 0 Å². The standard InChI is InChI=1S/C66H104O30S3/c1-40(16-10-9-14-30-85-56(72)18-12-8-11-17-46(67)34-49(95-98(79,80)81)35-51(69)60(96-99(82,83)84)52(70)39-88-97(76,77)78)38-86-62(74)63(7,75)37-48-21-22-55(71)66(91-48)36-41(2)32-54(92-66)42(3)19-20-47-24-28-65(90-47)29-25-53-61(94-65)57(73)45(6)59(89-53)50(68)33-44(5)58-43(4)23-27-64(93-58)26-13-15-31-87-64/h8-10,12,16,19-20,36,42-44,46-55,57-61,67-71,73,75H,6,11,13-15,17-18,21-35,37-39H2,1-5,7H3,(H,76,77,78)(H,79,80,81)(H,82,83,84)/b10-9+,12-8-,20-19+,40-16+/t42-,43+,44+,46-,47-,48+,49+,50-,51-,52+,53-,54-,55-,57+,58+,59+,60-,61+,63-,64+,65-,66+/m0/s1. The van der Waals surface area contributed by atoms with Gasteiger partial charge in [-0.1, -0.05) is 75.5 Å². The molecule has 22 atom stereocenters. The van der Waals surface area contributed by atoms with Crippen LogP contribution < -0.4 is 0 Å². The molecule has 0 aromatic carbocycles. The SMILES string of the molecule is C=C1[C@@H](O)[C@@H]2O[C@]3(CC[C@@H]2O[C@H]1[C@@H](O)C[C@@H](C)[C@@H]1O[C@]2(CCCCO2)CC[C@H]1C)CC[C@H](/C=C/[C@H](C)[C@@H]1CC(C)=C[C@@]2(O[C@@H](C[C@](C)(O)C(=O)OC/C(C)=C/C=C/CCOC(=O)C/C=C\CC[C@H](O)C[C@H](C[C@H](O)[C@H](OS(=O)(=O)O)[C@H](O)COS(=O)(=O)O)OS(=O)(=O)O)CC[C@@H]2O)O1)O3. The lowest BCUT2D eigenvalue weighted by molar-refractivity contribution is -0.321. The Labute approximate surface area is 580 Å². The van der Waals surface area contributed by atoms with Crippen LogP contribution in [0.1, 0.15) is 170 Å². The normalized spacial score (nSPS) is 33.6. The molecule has 0 bridgehead atoms. The summed E-state index contributed by atoms with van der Waals surface area (Å²) < 4.78 is 164. The molecule has 10 N–H and O–H groups in total. The lowest BCUT2D eigenvalue weighted by atomic mass is 9.79. The van der Waals surface area contributed by atoms with E-state index in [2.05, 4.69) is 33.0 Å². The minimum atomic E-state index is -5.46. The molecule has 0 aromatic heterocycles. The molecule has 0 aromatic rings. The van der Waals surface area contributed by atoms with Crippen molar-refractivity contribution in [2.75, 3.05) is 26.4 Å². The van der Waals surface area contributed by atoms with E-state index in [-0.39, 0.29) is 69.4 Å². The van der Waals surface area contributed by atoms with Gasteiger partial charge in [-0.2, -0.15) is 25.3 Å². The maximum atomic E-state index is 13.3. The Bertz CT molecular complexity index is 3180. The lowest BCUT2D eigenvalue weighted by Gasteiger charge is -2.50. The number of aliphatic hydroxyl groups excluding tert-OH is 6. The quantitative estimate of drug-likeness (QED) is 0.0135. The summed E-state index contributed by atoms with van der Waals surface area (Å²) in [7, 11) is -15.9. The zero-order valence-corrected chi connectivity index (χ0v) is 59.5. The van der Waals surface area contributed by atoms with Crippen molar-refractivity contribution in [3.05, 3.63) is 71.9 Å². The summed E-state index contributed by atoms with van der Waals surface area (Å²) in [6.07, 6.45) is 4.04. The summed E-state index contributed by atoms with van der Waals surface area (Å²) in [5, 5.41) is 77.5. The molecule has 7 aliphatic heterocycles. The number of carbonyl (C=O) groups excluding carboxylic acids is 2. The maximum Gasteiger partial charge on any atom is 0.397 e. The van der Waals surface area contributed by atoms with Gasteiger partial charge in [-0.25, -0.2) is 17.3 Å². The lowest BCUT2D eigenvalue weighted by Crippen LogP contribution is -2.60. The van der Waals surface area contributed by atoms with Crippen LogP contribution in [-0.2, 0) is 96.0 Å². The van der Waals surface area contributed by atoms with Crippen LogP contribution in [0.2, 0.25) is 0 Å². The Morgan fingerprint density at radius 2 is 1.53 bits per heavy atom. The van der Waals surface area contributed by atoms with E-state index < -0.39 is 165 Å². The van der Waals surface area contributed by atoms with Crippen molar-refractivity contribution < 1.29 is 139 Å². The van der Waals surface area contributed by atoms with Crippen LogP contribution >= 0.6 is 0 Å². The molecular formula is C66H104O30S3. The second-order valence-electron chi connectivity index (χ2n) is 28.0. The highest BCUT2D eigenvalue weighted by atomic mass is 32.3. The van der Waals surface area contributed by atoms with Crippen molar-refractivity contribution in [1.29, 1.82) is 0 Å². The topological polar surface area (TPSA) is 450 Å². The van der Waals surface area contributed by atoms with Gasteiger partial charge < -0.3 is 78.4 Å². The number of carbonyl (C=O) groups is 2. The largest absolute Gasteiger partial charge is 0.465 e. The Morgan fingerprint density at radius 3 is 2.22 bits per heavy atom. The molecule has 30 nitrogen and oxygen atoms in total. The molecule has 0 unspecified atom stereocenters. The predicted molar refractivity (Wildman–Crippen MR) is 350 cm³/mol. The fourth-order valence-electron chi connectivity index (χ4n) is 14.1. The van der Waals surface area contributed by atoms with Crippen molar-refractivity contribution in [3.8, 4) is 0 Å². The number of allylic oxidation sites excluding steroid dienone is 3.